The molecule has 0 bridgehead atoms. The normalized spacial score (nSPS) is 11.6. The van der Waals surface area contributed by atoms with Crippen molar-refractivity contribution in [2.75, 3.05) is 5.32 Å². The van der Waals surface area contributed by atoms with Gasteiger partial charge in [0.25, 0.3) is 10.7 Å². The number of nitrogens with one attached hydrogen (secondary N) is 1. The van der Waals surface area contributed by atoms with Crippen LogP contribution in [0, 0.1) is 22.2 Å². The average Bonchev–Trinajstić information content (AvgIpc) is 2.69. The third kappa shape index (κ3) is 4.47. The van der Waals surface area contributed by atoms with Crippen molar-refractivity contribution < 1.29 is 14.4 Å². The number of nitro groups is 1. The fourth-order valence-electron chi connectivity index (χ4n) is 2.62. The molecule has 7 nitrogen and oxygen atoms in total. The second-order valence-corrected chi connectivity index (χ2v) is 7.17. The Labute approximate surface area is 165 Å². The summed E-state index contributed by atoms with van der Waals surface area (Å²) >= 11 is 1.08. The number of aromatic nitrogens is 1. The number of hydrogen-bond acceptors (Lipinski definition) is 5. The fraction of sp³-hybridized carbons (Fsp3) is 0.100. The summed E-state index contributed by atoms with van der Waals surface area (Å²) in [5.41, 5.74) is 1.34. The predicted molar refractivity (Wildman–Crippen MR) is 107 cm³/mol. The second-order valence-electron chi connectivity index (χ2n) is 6.04. The van der Waals surface area contributed by atoms with Crippen LogP contribution in [0.1, 0.15) is 16.4 Å². The first-order chi connectivity index (χ1) is 13.5. The van der Waals surface area contributed by atoms with Crippen LogP contribution >= 0.6 is 11.8 Å². The Bertz CT molecular complexity index is 1010. The molecule has 0 unspecified atom stereocenters. The zero-order valence-corrected chi connectivity index (χ0v) is 15.8. The van der Waals surface area contributed by atoms with Crippen molar-refractivity contribution in [1.82, 2.24) is 0 Å². The molecule has 1 N–H and O–H groups in total. The number of nitrogens with zero attached hydrogens (tertiary/aromatic N) is 2. The van der Waals surface area contributed by atoms with E-state index in [0.29, 0.717) is 15.3 Å². The van der Waals surface area contributed by atoms with Crippen molar-refractivity contribution in [2.24, 2.45) is 0 Å². The number of benzene rings is 2. The van der Waals surface area contributed by atoms with Gasteiger partial charge in [0.1, 0.15) is 10.9 Å². The molecule has 0 fully saturated rings. The van der Waals surface area contributed by atoms with E-state index in [0.717, 1.165) is 17.3 Å². The summed E-state index contributed by atoms with van der Waals surface area (Å²) in [7, 11) is 0. The Morgan fingerprint density at radius 2 is 1.82 bits per heavy atom. The van der Waals surface area contributed by atoms with Crippen molar-refractivity contribution in [2.45, 2.75) is 17.2 Å². The zero-order valence-electron chi connectivity index (χ0n) is 14.9. The standard InChI is InChI=1S/C20H17N3O4S/c1-14-10-11-16(17(13-14)23(26)27)21-20(24)19(15-7-3-2-4-8-15)28-18-9-5-6-12-22(18)25/h2-13,19H,1H3,(H,21,24)/t19-/m0/s1. The second kappa shape index (κ2) is 8.53. The fourth-order valence-corrected chi connectivity index (χ4v) is 3.64. The number of carbonyl (C=O) groups is 1. The van der Waals surface area contributed by atoms with Crippen LogP contribution in [-0.2, 0) is 4.79 Å². The summed E-state index contributed by atoms with van der Waals surface area (Å²) < 4.78 is 0.683. The van der Waals surface area contributed by atoms with Gasteiger partial charge in [-0.3, -0.25) is 14.9 Å². The van der Waals surface area contributed by atoms with Gasteiger partial charge in [-0.1, -0.05) is 36.4 Å². The van der Waals surface area contributed by atoms with Crippen LogP contribution in [-0.4, -0.2) is 10.8 Å². The van der Waals surface area contributed by atoms with Crippen LogP contribution in [0.4, 0.5) is 11.4 Å². The van der Waals surface area contributed by atoms with Gasteiger partial charge in [-0.25, -0.2) is 0 Å². The highest BCUT2D eigenvalue weighted by Crippen LogP contribution is 2.35. The number of aryl methyl sites for hydroxylation is 1. The van der Waals surface area contributed by atoms with E-state index in [1.54, 1.807) is 55.5 Å². The minimum absolute atomic E-state index is 0.116. The van der Waals surface area contributed by atoms with Gasteiger partial charge >= 0.3 is 0 Å². The van der Waals surface area contributed by atoms with Crippen LogP contribution in [0.3, 0.4) is 0 Å². The largest absolute Gasteiger partial charge is 0.618 e. The van der Waals surface area contributed by atoms with Gasteiger partial charge in [-0.15, -0.1) is 0 Å². The summed E-state index contributed by atoms with van der Waals surface area (Å²) in [5.74, 6) is -0.452. The van der Waals surface area contributed by atoms with E-state index in [4.69, 9.17) is 0 Å². The lowest BCUT2D eigenvalue weighted by Crippen LogP contribution is -2.29. The Morgan fingerprint density at radius 1 is 1.11 bits per heavy atom. The Hall–Kier alpha value is -3.39. The van der Waals surface area contributed by atoms with Crippen molar-refractivity contribution in [3.05, 3.63) is 99.4 Å². The molecule has 142 valence electrons. The first kappa shape index (κ1) is 19.4. The number of pyridine rings is 1. The lowest BCUT2D eigenvalue weighted by atomic mass is 10.1. The third-order valence-electron chi connectivity index (χ3n) is 3.98. The molecule has 3 aromatic rings. The highest BCUT2D eigenvalue weighted by molar-refractivity contribution is 8.00. The number of carbonyl (C=O) groups excluding carboxylic acids is 1. The highest BCUT2D eigenvalue weighted by Gasteiger charge is 2.27. The minimum atomic E-state index is -0.760. The van der Waals surface area contributed by atoms with Gasteiger partial charge in [0.2, 0.25) is 5.91 Å². The van der Waals surface area contributed by atoms with Gasteiger partial charge in [0.05, 0.1) is 4.92 Å². The molecule has 2 aromatic carbocycles. The van der Waals surface area contributed by atoms with Gasteiger partial charge in [-0.05, 0) is 41.9 Å². The van der Waals surface area contributed by atoms with E-state index in [1.165, 1.54) is 18.3 Å². The van der Waals surface area contributed by atoms with Crippen molar-refractivity contribution in [3.8, 4) is 0 Å². The molecule has 8 heteroatoms. The van der Waals surface area contributed by atoms with Gasteiger partial charge in [0.15, 0.2) is 6.20 Å². The van der Waals surface area contributed by atoms with Crippen LogP contribution in [0.5, 0.6) is 0 Å². The quantitative estimate of drug-likeness (QED) is 0.223. The van der Waals surface area contributed by atoms with E-state index in [-0.39, 0.29) is 11.4 Å². The van der Waals surface area contributed by atoms with Gasteiger partial charge < -0.3 is 10.5 Å². The first-order valence-electron chi connectivity index (χ1n) is 8.41. The maximum atomic E-state index is 13.0. The summed E-state index contributed by atoms with van der Waals surface area (Å²) in [4.78, 5) is 23.8. The molecule has 1 heterocycles. The molecule has 1 amide bonds. The molecule has 0 aliphatic carbocycles. The SMILES string of the molecule is Cc1ccc(NC(=O)[C@@H](Sc2cccc[n+]2[O-])c2ccccc2)c([N+](=O)[O-])c1. The molecule has 28 heavy (non-hydrogen) atoms. The summed E-state index contributed by atoms with van der Waals surface area (Å²) in [6.45, 7) is 1.74. The molecule has 1 aromatic heterocycles. The predicted octanol–water partition coefficient (Wildman–Crippen LogP) is 4.01. The topological polar surface area (TPSA) is 99.2 Å². The zero-order chi connectivity index (χ0) is 20.1. The van der Waals surface area contributed by atoms with Crippen molar-refractivity contribution in [1.29, 1.82) is 0 Å². The third-order valence-corrected chi connectivity index (χ3v) is 5.25. The number of rotatable bonds is 6. The smallest absolute Gasteiger partial charge is 0.293 e. The minimum Gasteiger partial charge on any atom is -0.618 e. The summed E-state index contributed by atoms with van der Waals surface area (Å²) in [5, 5.41) is 25.6. The maximum Gasteiger partial charge on any atom is 0.293 e. The summed E-state index contributed by atoms with van der Waals surface area (Å²) in [6.07, 6.45) is 1.35. The van der Waals surface area contributed by atoms with Crippen LogP contribution < -0.4 is 10.0 Å². The van der Waals surface area contributed by atoms with E-state index < -0.39 is 16.1 Å². The van der Waals surface area contributed by atoms with Crippen LogP contribution in [0.15, 0.2) is 78.0 Å². The highest BCUT2D eigenvalue weighted by atomic mass is 32.2. The molecule has 0 spiro atoms. The molecule has 0 saturated carbocycles. The lowest BCUT2D eigenvalue weighted by molar-refractivity contribution is -0.645. The Balaban J connectivity index is 1.94. The molecule has 3 rings (SSSR count). The van der Waals surface area contributed by atoms with E-state index in [2.05, 4.69) is 5.32 Å². The van der Waals surface area contributed by atoms with E-state index in [1.807, 2.05) is 6.07 Å². The Morgan fingerprint density at radius 3 is 2.50 bits per heavy atom. The number of nitro benzene ring substituents is 1. The van der Waals surface area contributed by atoms with E-state index >= 15 is 0 Å². The van der Waals surface area contributed by atoms with Crippen molar-refractivity contribution in [3.63, 3.8) is 0 Å². The average molecular weight is 395 g/mol. The number of anilines is 1. The number of amides is 1. The molecule has 0 radical (unpaired) electrons. The molecule has 0 aliphatic rings. The Kier molecular flexibility index (Phi) is 5.90. The van der Waals surface area contributed by atoms with Crippen LogP contribution in [0.2, 0.25) is 0 Å². The molecular formula is C20H17N3O4S. The number of thioether (sulfide) groups is 1. The molecule has 0 aliphatic heterocycles. The summed E-state index contributed by atoms with van der Waals surface area (Å²) in [6, 6.07) is 18.5. The van der Waals surface area contributed by atoms with Gasteiger partial charge in [0, 0.05) is 18.2 Å². The number of hydrogen-bond donors (Lipinski definition) is 1. The van der Waals surface area contributed by atoms with Crippen LogP contribution in [0.25, 0.3) is 0 Å². The molecular weight excluding hydrogens is 378 g/mol. The molecule has 0 saturated heterocycles. The molecule has 1 atom stereocenters. The first-order valence-corrected chi connectivity index (χ1v) is 9.29. The van der Waals surface area contributed by atoms with Gasteiger partial charge in [-0.2, -0.15) is 4.73 Å². The maximum absolute atomic E-state index is 13.0. The monoisotopic (exact) mass is 395 g/mol. The van der Waals surface area contributed by atoms with E-state index in [9.17, 15) is 20.1 Å². The lowest BCUT2D eigenvalue weighted by Gasteiger charge is -2.16. The van der Waals surface area contributed by atoms with Crippen molar-refractivity contribution >= 4 is 29.0 Å².